The maximum absolute atomic E-state index is 11.9. The molecule has 0 atom stereocenters. The molecule has 0 radical (unpaired) electrons. The number of benzene rings is 1. The molecule has 0 spiro atoms. The summed E-state index contributed by atoms with van der Waals surface area (Å²) >= 11 is 0. The first kappa shape index (κ1) is 11.9. The molecule has 1 aromatic carbocycles. The maximum atomic E-state index is 11.9. The second kappa shape index (κ2) is 4.75. The highest BCUT2D eigenvalue weighted by atomic mass is 16.4. The minimum absolute atomic E-state index is 0.315. The Bertz CT molecular complexity index is 643. The number of ketones is 2. The van der Waals surface area contributed by atoms with Crippen LogP contribution in [0.2, 0.25) is 0 Å². The van der Waals surface area contributed by atoms with Gasteiger partial charge in [0.2, 0.25) is 5.78 Å². The highest BCUT2D eigenvalue weighted by Crippen LogP contribution is 2.17. The highest BCUT2D eigenvalue weighted by molar-refractivity contribution is 6.37. The van der Waals surface area contributed by atoms with E-state index in [0.29, 0.717) is 16.5 Å². The number of fused-ring (bicyclic) bond motifs is 1. The number of aromatic nitrogens is 1. The summed E-state index contributed by atoms with van der Waals surface area (Å²) in [6.45, 7) is 0. The van der Waals surface area contributed by atoms with Crippen LogP contribution < -0.4 is 0 Å². The third kappa shape index (κ3) is 2.24. The Morgan fingerprint density at radius 3 is 2.56 bits per heavy atom. The van der Waals surface area contributed by atoms with Gasteiger partial charge in [0.05, 0.1) is 11.9 Å². The number of carboxylic acid groups (broad SMARTS) is 1. The number of rotatable bonds is 4. The molecule has 5 heteroatoms. The van der Waals surface area contributed by atoms with E-state index in [2.05, 4.69) is 4.98 Å². The number of hydrogen-bond donors (Lipinski definition) is 1. The molecule has 18 heavy (non-hydrogen) atoms. The van der Waals surface area contributed by atoms with Crippen molar-refractivity contribution in [3.8, 4) is 0 Å². The zero-order valence-electron chi connectivity index (χ0n) is 9.29. The summed E-state index contributed by atoms with van der Waals surface area (Å²) in [5.41, 5.74) is 0.946. The minimum Gasteiger partial charge on any atom is -0.475 e. The molecule has 0 saturated heterocycles. The van der Waals surface area contributed by atoms with Crippen molar-refractivity contribution in [3.05, 3.63) is 42.1 Å². The molecule has 1 N–H and O–H groups in total. The number of hydrogen-bond acceptors (Lipinski definition) is 4. The van der Waals surface area contributed by atoms with Gasteiger partial charge in [0, 0.05) is 17.1 Å². The van der Waals surface area contributed by atoms with E-state index in [9.17, 15) is 14.4 Å². The van der Waals surface area contributed by atoms with Gasteiger partial charge in [0.25, 0.3) is 0 Å². The molecule has 0 aliphatic rings. The summed E-state index contributed by atoms with van der Waals surface area (Å²) in [6.07, 6.45) is 0.824. The Morgan fingerprint density at radius 1 is 1.11 bits per heavy atom. The van der Waals surface area contributed by atoms with Crippen LogP contribution in [0.4, 0.5) is 0 Å². The maximum Gasteiger partial charge on any atom is 0.372 e. The first-order chi connectivity index (χ1) is 8.59. The van der Waals surface area contributed by atoms with Crippen LogP contribution in [0.15, 0.2) is 36.5 Å². The topological polar surface area (TPSA) is 84.3 Å². The van der Waals surface area contributed by atoms with Crippen LogP contribution in [-0.2, 0) is 9.59 Å². The molecular weight excluding hydrogens is 234 g/mol. The third-order valence-electron chi connectivity index (χ3n) is 2.51. The van der Waals surface area contributed by atoms with Crippen LogP contribution in [0.1, 0.15) is 16.8 Å². The number of nitrogens with zero attached hydrogens (tertiary/aromatic N) is 1. The van der Waals surface area contributed by atoms with E-state index < -0.39 is 24.0 Å². The molecule has 0 unspecified atom stereocenters. The van der Waals surface area contributed by atoms with Gasteiger partial charge in [0.1, 0.15) is 0 Å². The van der Waals surface area contributed by atoms with Gasteiger partial charge in [-0.15, -0.1) is 0 Å². The number of pyridine rings is 1. The molecule has 1 aromatic heterocycles. The minimum atomic E-state index is -1.60. The van der Waals surface area contributed by atoms with E-state index in [1.54, 1.807) is 24.3 Å². The van der Waals surface area contributed by atoms with Gasteiger partial charge in [-0.05, 0) is 12.1 Å². The van der Waals surface area contributed by atoms with Gasteiger partial charge < -0.3 is 5.11 Å². The second-order valence-electron chi connectivity index (χ2n) is 3.70. The van der Waals surface area contributed by atoms with E-state index in [0.717, 1.165) is 0 Å². The van der Waals surface area contributed by atoms with Crippen LogP contribution in [0.3, 0.4) is 0 Å². The zero-order chi connectivity index (χ0) is 13.1. The molecule has 0 saturated carbocycles. The fourth-order valence-electron chi connectivity index (χ4n) is 1.66. The lowest BCUT2D eigenvalue weighted by atomic mass is 10.0. The zero-order valence-corrected chi connectivity index (χ0v) is 9.29. The van der Waals surface area contributed by atoms with Crippen LogP contribution in [0, 0.1) is 0 Å². The van der Waals surface area contributed by atoms with Gasteiger partial charge in [0.15, 0.2) is 5.78 Å². The SMILES string of the molecule is O=C(O)C(=O)CC(=O)c1ccnc2ccccc12. The first-order valence-electron chi connectivity index (χ1n) is 5.22. The Labute approximate surface area is 102 Å². The van der Waals surface area contributed by atoms with E-state index in [1.807, 2.05) is 0 Å². The van der Waals surface area contributed by atoms with Crippen molar-refractivity contribution in [1.29, 1.82) is 0 Å². The fraction of sp³-hybridized carbons (Fsp3) is 0.0769. The van der Waals surface area contributed by atoms with Crippen molar-refractivity contribution in [1.82, 2.24) is 4.98 Å². The van der Waals surface area contributed by atoms with Crippen molar-refractivity contribution in [2.24, 2.45) is 0 Å². The van der Waals surface area contributed by atoms with Crippen molar-refractivity contribution in [2.45, 2.75) is 6.42 Å². The van der Waals surface area contributed by atoms with Crippen LogP contribution >= 0.6 is 0 Å². The largest absolute Gasteiger partial charge is 0.475 e. The van der Waals surface area contributed by atoms with Crippen molar-refractivity contribution in [2.75, 3.05) is 0 Å². The normalized spacial score (nSPS) is 10.2. The summed E-state index contributed by atoms with van der Waals surface area (Å²) in [6, 6.07) is 8.47. The molecule has 5 nitrogen and oxygen atoms in total. The van der Waals surface area contributed by atoms with Gasteiger partial charge in [-0.3, -0.25) is 14.6 Å². The van der Waals surface area contributed by atoms with Crippen molar-refractivity contribution in [3.63, 3.8) is 0 Å². The van der Waals surface area contributed by atoms with Crippen molar-refractivity contribution < 1.29 is 19.5 Å². The standard InChI is InChI=1S/C13H9NO4/c15-11(7-12(16)13(17)18)9-5-6-14-10-4-2-1-3-8(9)10/h1-6H,7H2,(H,17,18). The summed E-state index contributed by atoms with van der Waals surface area (Å²) < 4.78 is 0. The molecule has 0 fully saturated rings. The number of Topliss-reactive ketones (excluding diaryl/α,β-unsaturated/α-hetero) is 2. The summed E-state index contributed by atoms with van der Waals surface area (Å²) in [4.78, 5) is 37.4. The summed E-state index contributed by atoms with van der Waals surface area (Å²) in [5, 5.41) is 9.09. The Kier molecular flexibility index (Phi) is 3.14. The second-order valence-corrected chi connectivity index (χ2v) is 3.70. The average Bonchev–Trinajstić information content (AvgIpc) is 2.37. The molecule has 2 rings (SSSR count). The molecule has 90 valence electrons. The molecule has 1 heterocycles. The quantitative estimate of drug-likeness (QED) is 0.499. The van der Waals surface area contributed by atoms with E-state index >= 15 is 0 Å². The van der Waals surface area contributed by atoms with Crippen molar-refractivity contribution >= 4 is 28.4 Å². The lowest BCUT2D eigenvalue weighted by Gasteiger charge is -2.03. The van der Waals surface area contributed by atoms with E-state index in [-0.39, 0.29) is 0 Å². The Morgan fingerprint density at radius 2 is 1.83 bits per heavy atom. The third-order valence-corrected chi connectivity index (χ3v) is 2.51. The summed E-state index contributed by atoms with van der Waals surface area (Å²) in [7, 11) is 0. The lowest BCUT2D eigenvalue weighted by molar-refractivity contribution is -0.148. The predicted molar refractivity (Wildman–Crippen MR) is 63.3 cm³/mol. The van der Waals surface area contributed by atoms with E-state index in [1.165, 1.54) is 12.3 Å². The monoisotopic (exact) mass is 243 g/mol. The number of carbonyl (C=O) groups excluding carboxylic acids is 2. The fourth-order valence-corrected chi connectivity index (χ4v) is 1.66. The molecule has 0 aliphatic heterocycles. The molecule has 2 aromatic rings. The summed E-state index contributed by atoms with van der Waals surface area (Å²) in [5.74, 6) is -3.22. The van der Waals surface area contributed by atoms with Crippen LogP contribution in [0.5, 0.6) is 0 Å². The van der Waals surface area contributed by atoms with Crippen LogP contribution in [-0.4, -0.2) is 27.6 Å². The number of para-hydroxylation sites is 1. The lowest BCUT2D eigenvalue weighted by Crippen LogP contribution is -2.17. The molecule has 0 aliphatic carbocycles. The predicted octanol–water partition coefficient (Wildman–Crippen LogP) is 1.46. The van der Waals surface area contributed by atoms with Gasteiger partial charge in [-0.1, -0.05) is 18.2 Å². The number of carbonyl (C=O) groups is 3. The number of aliphatic carboxylic acids is 1. The molecule has 0 amide bonds. The van der Waals surface area contributed by atoms with Crippen LogP contribution in [0.25, 0.3) is 10.9 Å². The first-order valence-corrected chi connectivity index (χ1v) is 5.22. The average molecular weight is 243 g/mol. The molecule has 0 bridgehead atoms. The van der Waals surface area contributed by atoms with Gasteiger partial charge in [-0.2, -0.15) is 0 Å². The smallest absolute Gasteiger partial charge is 0.372 e. The van der Waals surface area contributed by atoms with E-state index in [4.69, 9.17) is 5.11 Å². The Balaban J connectivity index is 2.39. The number of carboxylic acids is 1. The van der Waals surface area contributed by atoms with Gasteiger partial charge in [-0.25, -0.2) is 4.79 Å². The van der Waals surface area contributed by atoms with Gasteiger partial charge >= 0.3 is 5.97 Å². The highest BCUT2D eigenvalue weighted by Gasteiger charge is 2.19. The Hall–Kier alpha value is -2.56. The molecular formula is C13H9NO4.